The van der Waals surface area contributed by atoms with Crippen molar-refractivity contribution in [3.63, 3.8) is 0 Å². The summed E-state index contributed by atoms with van der Waals surface area (Å²) < 4.78 is 13.3. The number of hydrogen-bond acceptors (Lipinski definition) is 4. The Morgan fingerprint density at radius 1 is 1.58 bits per heavy atom. The minimum Gasteiger partial charge on any atom is -0.388 e. The van der Waals surface area contributed by atoms with Crippen LogP contribution < -0.4 is 4.90 Å². The molecule has 1 aliphatic rings. The van der Waals surface area contributed by atoms with Gasteiger partial charge in [-0.05, 0) is 25.8 Å². The van der Waals surface area contributed by atoms with Gasteiger partial charge >= 0.3 is 0 Å². The zero-order valence-electron chi connectivity index (χ0n) is 10.4. The number of rotatable bonds is 2. The predicted octanol–water partition coefficient (Wildman–Crippen LogP) is 2.74. The highest BCUT2D eigenvalue weighted by Crippen LogP contribution is 2.36. The first-order chi connectivity index (χ1) is 8.80. The van der Waals surface area contributed by atoms with Gasteiger partial charge in [0.2, 0.25) is 0 Å². The van der Waals surface area contributed by atoms with E-state index in [0.717, 1.165) is 6.07 Å². The maximum atomic E-state index is 13.3. The number of hydrogen-bond donors (Lipinski definition) is 1. The SMILES string of the molecule is CC1(O)CCCN(c2cc(Cl)c(F)cc2[N+](=O)[O-])C1. The molecule has 0 spiro atoms. The first-order valence-electron chi connectivity index (χ1n) is 5.91. The van der Waals surface area contributed by atoms with Crippen LogP contribution in [0.15, 0.2) is 12.1 Å². The van der Waals surface area contributed by atoms with Crippen molar-refractivity contribution in [3.05, 3.63) is 33.1 Å². The second kappa shape index (κ2) is 4.94. The molecular weight excluding hydrogens is 275 g/mol. The van der Waals surface area contributed by atoms with Crippen molar-refractivity contribution < 1.29 is 14.4 Å². The summed E-state index contributed by atoms with van der Waals surface area (Å²) in [5, 5.41) is 20.9. The van der Waals surface area contributed by atoms with Crippen molar-refractivity contribution in [1.82, 2.24) is 0 Å². The highest BCUT2D eigenvalue weighted by molar-refractivity contribution is 6.31. The molecular formula is C12H14ClFN2O3. The van der Waals surface area contributed by atoms with Gasteiger partial charge in [0.15, 0.2) is 0 Å². The molecule has 19 heavy (non-hydrogen) atoms. The maximum absolute atomic E-state index is 13.3. The minimum atomic E-state index is -0.910. The zero-order valence-corrected chi connectivity index (χ0v) is 11.2. The van der Waals surface area contributed by atoms with Gasteiger partial charge in [-0.3, -0.25) is 10.1 Å². The van der Waals surface area contributed by atoms with Crippen LogP contribution in [0.2, 0.25) is 5.02 Å². The number of piperidine rings is 1. The molecule has 0 aliphatic carbocycles. The number of benzene rings is 1. The summed E-state index contributed by atoms with van der Waals surface area (Å²) in [6.45, 7) is 2.50. The molecule has 0 radical (unpaired) electrons. The van der Waals surface area contributed by atoms with Crippen molar-refractivity contribution in [2.45, 2.75) is 25.4 Å². The first-order valence-corrected chi connectivity index (χ1v) is 6.29. The molecule has 0 bridgehead atoms. The highest BCUT2D eigenvalue weighted by atomic mass is 35.5. The van der Waals surface area contributed by atoms with E-state index in [4.69, 9.17) is 11.6 Å². The number of aliphatic hydroxyl groups is 1. The summed E-state index contributed by atoms with van der Waals surface area (Å²) in [5.41, 5.74) is -0.997. The average Bonchev–Trinajstić information content (AvgIpc) is 2.30. The van der Waals surface area contributed by atoms with Gasteiger partial charge in [0.25, 0.3) is 5.69 Å². The number of halogens is 2. The molecule has 1 fully saturated rings. The Kier molecular flexibility index (Phi) is 3.64. The van der Waals surface area contributed by atoms with Gasteiger partial charge in [0, 0.05) is 13.1 Å². The van der Waals surface area contributed by atoms with E-state index in [9.17, 15) is 19.6 Å². The Balaban J connectivity index is 2.43. The molecule has 1 aromatic carbocycles. The molecule has 104 valence electrons. The van der Waals surface area contributed by atoms with Crippen molar-refractivity contribution in [1.29, 1.82) is 0 Å². The summed E-state index contributed by atoms with van der Waals surface area (Å²) in [6, 6.07) is 2.07. The molecule has 0 saturated carbocycles. The maximum Gasteiger partial charge on any atom is 0.295 e. The van der Waals surface area contributed by atoms with E-state index in [0.29, 0.717) is 19.4 Å². The Morgan fingerprint density at radius 3 is 2.84 bits per heavy atom. The topological polar surface area (TPSA) is 66.6 Å². The predicted molar refractivity (Wildman–Crippen MR) is 70.1 cm³/mol. The third kappa shape index (κ3) is 2.96. The second-order valence-corrected chi connectivity index (χ2v) is 5.44. The summed E-state index contributed by atoms with van der Waals surface area (Å²) in [7, 11) is 0. The minimum absolute atomic E-state index is 0.161. The smallest absolute Gasteiger partial charge is 0.295 e. The number of nitro groups is 1. The Hall–Kier alpha value is -1.40. The fourth-order valence-corrected chi connectivity index (χ4v) is 2.51. The molecule has 1 atom stereocenters. The van der Waals surface area contributed by atoms with Crippen molar-refractivity contribution in [3.8, 4) is 0 Å². The van der Waals surface area contributed by atoms with Gasteiger partial charge < -0.3 is 10.0 Å². The Bertz CT molecular complexity index is 522. The quantitative estimate of drug-likeness (QED) is 0.671. The van der Waals surface area contributed by atoms with Crippen LogP contribution in [0, 0.1) is 15.9 Å². The number of anilines is 1. The lowest BCUT2D eigenvalue weighted by atomic mass is 9.94. The van der Waals surface area contributed by atoms with Crippen LogP contribution in [0.4, 0.5) is 15.8 Å². The van der Waals surface area contributed by atoms with Crippen LogP contribution in [0.1, 0.15) is 19.8 Å². The lowest BCUT2D eigenvalue weighted by Gasteiger charge is -2.37. The zero-order chi connectivity index (χ0) is 14.2. The third-order valence-electron chi connectivity index (χ3n) is 3.23. The van der Waals surface area contributed by atoms with Gasteiger partial charge in [-0.25, -0.2) is 4.39 Å². The molecule has 1 unspecified atom stereocenters. The van der Waals surface area contributed by atoms with Gasteiger partial charge in [-0.2, -0.15) is 0 Å². The van der Waals surface area contributed by atoms with Crippen LogP contribution >= 0.6 is 11.6 Å². The van der Waals surface area contributed by atoms with E-state index < -0.39 is 16.3 Å². The van der Waals surface area contributed by atoms with Crippen molar-refractivity contribution in [2.75, 3.05) is 18.0 Å². The van der Waals surface area contributed by atoms with E-state index >= 15 is 0 Å². The van der Waals surface area contributed by atoms with Crippen LogP contribution in [0.3, 0.4) is 0 Å². The van der Waals surface area contributed by atoms with E-state index in [1.807, 2.05) is 0 Å². The van der Waals surface area contributed by atoms with Gasteiger partial charge in [0.1, 0.15) is 11.5 Å². The number of β-amino-alcohol motifs (C(OH)–C–C–N with tert-alkyl or cyclic N) is 1. The summed E-state index contributed by atoms with van der Waals surface area (Å²) in [6.07, 6.45) is 1.34. The van der Waals surface area contributed by atoms with Crippen molar-refractivity contribution in [2.24, 2.45) is 0 Å². The molecule has 7 heteroatoms. The average molecular weight is 289 g/mol. The van der Waals surface area contributed by atoms with E-state index in [1.165, 1.54) is 6.07 Å². The fourth-order valence-electron chi connectivity index (χ4n) is 2.35. The summed E-state index contributed by atoms with van der Waals surface area (Å²) in [4.78, 5) is 12.0. The summed E-state index contributed by atoms with van der Waals surface area (Å²) >= 11 is 5.69. The molecule has 1 aromatic rings. The normalized spacial score (nSPS) is 23.5. The largest absolute Gasteiger partial charge is 0.388 e. The van der Waals surface area contributed by atoms with Gasteiger partial charge in [-0.15, -0.1) is 0 Å². The van der Waals surface area contributed by atoms with E-state index in [-0.39, 0.29) is 22.9 Å². The van der Waals surface area contributed by atoms with Crippen LogP contribution in [0.5, 0.6) is 0 Å². The molecule has 0 aromatic heterocycles. The summed E-state index contributed by atoms with van der Waals surface area (Å²) in [5.74, 6) is -0.819. The molecule has 1 saturated heterocycles. The lowest BCUT2D eigenvalue weighted by molar-refractivity contribution is -0.384. The lowest BCUT2D eigenvalue weighted by Crippen LogP contribution is -2.46. The van der Waals surface area contributed by atoms with Gasteiger partial charge in [-0.1, -0.05) is 11.6 Å². The number of nitrogens with zero attached hydrogens (tertiary/aromatic N) is 2. The monoisotopic (exact) mass is 288 g/mol. The fraction of sp³-hybridized carbons (Fsp3) is 0.500. The van der Waals surface area contributed by atoms with Crippen LogP contribution in [0.25, 0.3) is 0 Å². The molecule has 1 heterocycles. The second-order valence-electron chi connectivity index (χ2n) is 5.03. The molecule has 5 nitrogen and oxygen atoms in total. The molecule has 0 amide bonds. The molecule has 1 N–H and O–H groups in total. The third-order valence-corrected chi connectivity index (χ3v) is 3.52. The Labute approximate surface area is 114 Å². The van der Waals surface area contributed by atoms with Crippen LogP contribution in [-0.2, 0) is 0 Å². The van der Waals surface area contributed by atoms with Crippen LogP contribution in [-0.4, -0.2) is 28.7 Å². The van der Waals surface area contributed by atoms with Gasteiger partial charge in [0.05, 0.1) is 21.6 Å². The Morgan fingerprint density at radius 2 is 2.26 bits per heavy atom. The first kappa shape index (κ1) is 14.0. The van der Waals surface area contributed by atoms with E-state index in [1.54, 1.807) is 11.8 Å². The van der Waals surface area contributed by atoms with E-state index in [2.05, 4.69) is 0 Å². The molecule has 2 rings (SSSR count). The highest BCUT2D eigenvalue weighted by Gasteiger charge is 2.32. The molecule has 1 aliphatic heterocycles. The van der Waals surface area contributed by atoms with Crippen molar-refractivity contribution >= 4 is 23.0 Å². The number of nitro benzene ring substituents is 1. The standard InChI is InChI=1S/C12H14ClFN2O3/c1-12(17)3-2-4-15(7-12)10-5-8(13)9(14)6-11(10)16(18)19/h5-6,17H,2-4,7H2,1H3.